The predicted molar refractivity (Wildman–Crippen MR) is 62.3 cm³/mol. The summed E-state index contributed by atoms with van der Waals surface area (Å²) in [5.74, 6) is -1.49. The highest BCUT2D eigenvalue weighted by Crippen LogP contribution is 2.18. The first-order chi connectivity index (χ1) is 9.19. The number of amides is 2. The molecule has 116 valence electrons. The topological polar surface area (TPSA) is 70.1 Å². The molecular formula is C11H17F3N2O4. The first-order valence-corrected chi connectivity index (χ1v) is 6.09. The standard InChI is InChI=1S/C11H17F3N2O4/c1-15(5-8-3-2-4-20-8)10(19)16(6-9(17)18)7-11(12,13)14/h8H,2-7H2,1H3,(H,17,18). The van der Waals surface area contributed by atoms with Crippen LogP contribution in [0.1, 0.15) is 12.8 Å². The predicted octanol–water partition coefficient (Wildman–Crippen LogP) is 1.17. The van der Waals surface area contributed by atoms with E-state index in [-0.39, 0.29) is 17.5 Å². The van der Waals surface area contributed by atoms with Crippen molar-refractivity contribution < 1.29 is 32.6 Å². The highest BCUT2D eigenvalue weighted by molar-refractivity contribution is 5.80. The molecule has 0 aliphatic carbocycles. The van der Waals surface area contributed by atoms with Gasteiger partial charge in [0.2, 0.25) is 0 Å². The molecule has 1 saturated heterocycles. The smallest absolute Gasteiger partial charge is 0.406 e. The van der Waals surface area contributed by atoms with Gasteiger partial charge in [0.15, 0.2) is 0 Å². The van der Waals surface area contributed by atoms with Crippen molar-refractivity contribution >= 4 is 12.0 Å². The van der Waals surface area contributed by atoms with Crippen LogP contribution in [0.3, 0.4) is 0 Å². The third-order valence-electron chi connectivity index (χ3n) is 2.79. The quantitative estimate of drug-likeness (QED) is 0.827. The van der Waals surface area contributed by atoms with Crippen LogP contribution in [-0.2, 0) is 9.53 Å². The number of hydrogen-bond acceptors (Lipinski definition) is 3. The first-order valence-electron chi connectivity index (χ1n) is 6.09. The molecule has 2 amide bonds. The molecular weight excluding hydrogens is 281 g/mol. The zero-order valence-corrected chi connectivity index (χ0v) is 11.0. The largest absolute Gasteiger partial charge is 0.480 e. The fraction of sp³-hybridized carbons (Fsp3) is 0.818. The number of alkyl halides is 3. The number of hydrogen-bond donors (Lipinski definition) is 1. The number of carbonyl (C=O) groups is 2. The van der Waals surface area contributed by atoms with Gasteiger partial charge in [0, 0.05) is 20.2 Å². The molecule has 1 rings (SSSR count). The lowest BCUT2D eigenvalue weighted by Gasteiger charge is -2.29. The van der Waals surface area contributed by atoms with E-state index in [1.54, 1.807) is 0 Å². The molecule has 1 aliphatic rings. The molecule has 20 heavy (non-hydrogen) atoms. The molecule has 0 aromatic rings. The van der Waals surface area contributed by atoms with Gasteiger partial charge in [0.1, 0.15) is 13.1 Å². The Hall–Kier alpha value is -1.51. The van der Waals surface area contributed by atoms with E-state index in [9.17, 15) is 22.8 Å². The number of likely N-dealkylation sites (N-methyl/N-ethyl adjacent to an activating group) is 1. The summed E-state index contributed by atoms with van der Waals surface area (Å²) in [7, 11) is 1.33. The number of aliphatic carboxylic acids is 1. The molecule has 0 saturated carbocycles. The van der Waals surface area contributed by atoms with Crippen molar-refractivity contribution in [2.45, 2.75) is 25.1 Å². The highest BCUT2D eigenvalue weighted by Gasteiger charge is 2.35. The monoisotopic (exact) mass is 298 g/mol. The molecule has 1 N–H and O–H groups in total. The van der Waals surface area contributed by atoms with Crippen molar-refractivity contribution in [3.05, 3.63) is 0 Å². The van der Waals surface area contributed by atoms with E-state index in [0.717, 1.165) is 17.7 Å². The highest BCUT2D eigenvalue weighted by atomic mass is 19.4. The Morgan fingerprint density at radius 1 is 1.40 bits per heavy atom. The van der Waals surface area contributed by atoms with Gasteiger partial charge in [0.05, 0.1) is 6.10 Å². The number of ether oxygens (including phenoxy) is 1. The third kappa shape index (κ3) is 5.64. The summed E-state index contributed by atoms with van der Waals surface area (Å²) in [6, 6.07) is -0.972. The molecule has 1 atom stereocenters. The number of halogens is 3. The van der Waals surface area contributed by atoms with E-state index in [2.05, 4.69) is 0 Å². The molecule has 1 unspecified atom stereocenters. The number of rotatable bonds is 5. The maximum absolute atomic E-state index is 12.4. The molecule has 1 heterocycles. The Morgan fingerprint density at radius 3 is 2.50 bits per heavy atom. The van der Waals surface area contributed by atoms with Crippen molar-refractivity contribution in [1.82, 2.24) is 9.80 Å². The van der Waals surface area contributed by atoms with Crippen LogP contribution in [-0.4, -0.2) is 72.5 Å². The van der Waals surface area contributed by atoms with Crippen LogP contribution >= 0.6 is 0 Å². The second-order valence-corrected chi connectivity index (χ2v) is 4.66. The summed E-state index contributed by atoms with van der Waals surface area (Å²) < 4.78 is 42.3. The molecule has 6 nitrogen and oxygen atoms in total. The van der Waals surface area contributed by atoms with Gasteiger partial charge in [-0.15, -0.1) is 0 Å². The summed E-state index contributed by atoms with van der Waals surface area (Å²) in [6.07, 6.45) is -3.28. The van der Waals surface area contributed by atoms with Crippen molar-refractivity contribution in [2.24, 2.45) is 0 Å². The van der Waals surface area contributed by atoms with Crippen molar-refractivity contribution in [1.29, 1.82) is 0 Å². The van der Waals surface area contributed by atoms with Crippen LogP contribution in [0.15, 0.2) is 0 Å². The lowest BCUT2D eigenvalue weighted by atomic mass is 10.2. The molecule has 9 heteroatoms. The van der Waals surface area contributed by atoms with Crippen LogP contribution in [0.5, 0.6) is 0 Å². The average molecular weight is 298 g/mol. The van der Waals surface area contributed by atoms with Gasteiger partial charge in [-0.1, -0.05) is 0 Å². The number of carbonyl (C=O) groups excluding carboxylic acids is 1. The molecule has 1 fully saturated rings. The Morgan fingerprint density at radius 2 is 2.05 bits per heavy atom. The van der Waals surface area contributed by atoms with Crippen molar-refractivity contribution in [2.75, 3.05) is 33.3 Å². The van der Waals surface area contributed by atoms with Gasteiger partial charge in [-0.3, -0.25) is 4.79 Å². The lowest BCUT2D eigenvalue weighted by Crippen LogP contribution is -2.49. The van der Waals surface area contributed by atoms with Gasteiger partial charge < -0.3 is 19.6 Å². The fourth-order valence-corrected chi connectivity index (χ4v) is 1.98. The molecule has 1 aliphatic heterocycles. The van der Waals surface area contributed by atoms with Crippen molar-refractivity contribution in [3.8, 4) is 0 Å². The summed E-state index contributed by atoms with van der Waals surface area (Å²) >= 11 is 0. The minimum absolute atomic E-state index is 0.146. The Labute approximate surface area is 114 Å². The molecule has 0 radical (unpaired) electrons. The van der Waals surface area contributed by atoms with Gasteiger partial charge in [-0.25, -0.2) is 4.79 Å². The van der Waals surface area contributed by atoms with Crippen molar-refractivity contribution in [3.63, 3.8) is 0 Å². The number of carboxylic acids is 1. The van der Waals surface area contributed by atoms with E-state index in [4.69, 9.17) is 9.84 Å². The fourth-order valence-electron chi connectivity index (χ4n) is 1.98. The Bertz CT molecular complexity index is 356. The van der Waals surface area contributed by atoms with E-state index in [1.807, 2.05) is 0 Å². The molecule has 0 aromatic carbocycles. The second kappa shape index (κ2) is 6.78. The minimum Gasteiger partial charge on any atom is -0.480 e. The second-order valence-electron chi connectivity index (χ2n) is 4.66. The van der Waals surface area contributed by atoms with Crippen LogP contribution in [0.2, 0.25) is 0 Å². The van der Waals surface area contributed by atoms with Gasteiger partial charge in [0.25, 0.3) is 0 Å². The minimum atomic E-state index is -4.64. The van der Waals surface area contributed by atoms with Gasteiger partial charge in [-0.05, 0) is 12.8 Å². The van der Waals surface area contributed by atoms with Gasteiger partial charge in [-0.2, -0.15) is 13.2 Å². The average Bonchev–Trinajstić information content (AvgIpc) is 2.77. The molecule has 0 spiro atoms. The van der Waals surface area contributed by atoms with E-state index >= 15 is 0 Å². The normalized spacial score (nSPS) is 18.9. The summed E-state index contributed by atoms with van der Waals surface area (Å²) in [5.41, 5.74) is 0. The summed E-state index contributed by atoms with van der Waals surface area (Å²) in [4.78, 5) is 23.8. The Balaban J connectivity index is 2.62. The maximum Gasteiger partial charge on any atom is 0.406 e. The zero-order chi connectivity index (χ0) is 15.3. The number of urea groups is 1. The first kappa shape index (κ1) is 16.5. The number of carboxylic acid groups (broad SMARTS) is 1. The van der Waals surface area contributed by atoms with E-state index in [1.165, 1.54) is 7.05 Å². The third-order valence-corrected chi connectivity index (χ3v) is 2.79. The zero-order valence-electron chi connectivity index (χ0n) is 11.0. The summed E-state index contributed by atoms with van der Waals surface area (Å²) in [6.45, 7) is -1.87. The SMILES string of the molecule is CN(CC1CCCO1)C(=O)N(CC(=O)O)CC(F)(F)F. The summed E-state index contributed by atoms with van der Waals surface area (Å²) in [5, 5.41) is 8.59. The van der Waals surface area contributed by atoms with E-state index < -0.39 is 31.3 Å². The van der Waals surface area contributed by atoms with Crippen LogP contribution in [0.4, 0.5) is 18.0 Å². The number of nitrogens with zero attached hydrogens (tertiary/aromatic N) is 2. The van der Waals surface area contributed by atoms with Crippen LogP contribution in [0.25, 0.3) is 0 Å². The van der Waals surface area contributed by atoms with Crippen LogP contribution < -0.4 is 0 Å². The molecule has 0 bridgehead atoms. The van der Waals surface area contributed by atoms with Gasteiger partial charge >= 0.3 is 18.2 Å². The molecule has 0 aromatic heterocycles. The maximum atomic E-state index is 12.4. The lowest BCUT2D eigenvalue weighted by molar-refractivity contribution is -0.149. The Kier molecular flexibility index (Phi) is 5.61. The van der Waals surface area contributed by atoms with E-state index in [0.29, 0.717) is 6.61 Å². The van der Waals surface area contributed by atoms with Crippen LogP contribution in [0, 0.1) is 0 Å².